The first-order chi connectivity index (χ1) is 16.6. The van der Waals surface area contributed by atoms with Gasteiger partial charge in [-0.25, -0.2) is 4.39 Å². The largest absolute Gasteiger partial charge is 0.494 e. The zero-order chi connectivity index (χ0) is 23.8. The Morgan fingerprint density at radius 2 is 1.88 bits per heavy atom. The van der Waals surface area contributed by atoms with Gasteiger partial charge < -0.3 is 10.1 Å². The van der Waals surface area contributed by atoms with Crippen molar-refractivity contribution in [2.75, 3.05) is 18.9 Å². The van der Waals surface area contributed by atoms with E-state index in [1.165, 1.54) is 23.9 Å². The van der Waals surface area contributed by atoms with E-state index >= 15 is 0 Å². The highest BCUT2D eigenvalue weighted by Gasteiger charge is 2.17. The summed E-state index contributed by atoms with van der Waals surface area (Å²) < 4.78 is 20.5. The number of aromatic nitrogens is 4. The number of benzene rings is 2. The minimum absolute atomic E-state index is 0.115. The van der Waals surface area contributed by atoms with E-state index in [4.69, 9.17) is 4.74 Å². The van der Waals surface area contributed by atoms with Gasteiger partial charge in [0, 0.05) is 30.2 Å². The zero-order valence-corrected chi connectivity index (χ0v) is 19.5. The molecule has 34 heavy (non-hydrogen) atoms. The first-order valence-corrected chi connectivity index (χ1v) is 11.9. The third-order valence-corrected chi connectivity index (χ3v) is 5.87. The van der Waals surface area contributed by atoms with E-state index < -0.39 is 0 Å². The minimum atomic E-state index is -0.272. The quantitative estimate of drug-likeness (QED) is 0.343. The lowest BCUT2D eigenvalue weighted by atomic mass is 10.1. The Labute approximate surface area is 201 Å². The Balaban J connectivity index is 1.46. The van der Waals surface area contributed by atoms with E-state index in [0.717, 1.165) is 22.6 Å². The average molecular weight is 478 g/mol. The van der Waals surface area contributed by atoms with Crippen LogP contribution in [-0.4, -0.2) is 44.6 Å². The van der Waals surface area contributed by atoms with Crippen LogP contribution in [-0.2, 0) is 11.2 Å². The fourth-order valence-corrected chi connectivity index (χ4v) is 4.10. The maximum absolute atomic E-state index is 13.0. The molecule has 0 aliphatic heterocycles. The fourth-order valence-electron chi connectivity index (χ4n) is 3.31. The third-order valence-electron chi connectivity index (χ3n) is 4.94. The Bertz CT molecular complexity index is 1210. The normalized spacial score (nSPS) is 10.8. The van der Waals surface area contributed by atoms with Crippen molar-refractivity contribution in [2.24, 2.45) is 0 Å². The summed E-state index contributed by atoms with van der Waals surface area (Å²) in [6.45, 7) is 3.00. The number of carbonyl (C=O) groups is 1. The highest BCUT2D eigenvalue weighted by molar-refractivity contribution is 7.99. The van der Waals surface area contributed by atoms with Gasteiger partial charge in [-0.05, 0) is 67.4 Å². The Morgan fingerprint density at radius 1 is 1.09 bits per heavy atom. The van der Waals surface area contributed by atoms with Gasteiger partial charge in [0.2, 0.25) is 5.91 Å². The van der Waals surface area contributed by atoms with Crippen molar-refractivity contribution in [3.8, 4) is 22.8 Å². The molecular formula is C25H24FN5O2S. The summed E-state index contributed by atoms with van der Waals surface area (Å²) in [7, 11) is 0. The smallest absolute Gasteiger partial charge is 0.230 e. The highest BCUT2D eigenvalue weighted by atomic mass is 32.2. The molecule has 0 aliphatic carbocycles. The molecule has 7 nitrogen and oxygen atoms in total. The lowest BCUT2D eigenvalue weighted by molar-refractivity contribution is -0.118. The SMILES string of the molecule is CCOc1ccc(-n2c(SCC(=O)NCCc3ccc(F)cc3)nnc2-c2cccnc2)cc1. The highest BCUT2D eigenvalue weighted by Crippen LogP contribution is 2.28. The van der Waals surface area contributed by atoms with Crippen LogP contribution in [0.2, 0.25) is 0 Å². The van der Waals surface area contributed by atoms with Gasteiger partial charge in [0.1, 0.15) is 11.6 Å². The zero-order valence-electron chi connectivity index (χ0n) is 18.6. The van der Waals surface area contributed by atoms with Crippen LogP contribution in [0.25, 0.3) is 17.1 Å². The molecule has 2 aromatic heterocycles. The molecule has 0 fully saturated rings. The van der Waals surface area contributed by atoms with E-state index in [-0.39, 0.29) is 17.5 Å². The molecule has 0 radical (unpaired) electrons. The molecule has 4 aromatic rings. The first kappa shape index (κ1) is 23.4. The number of halogens is 1. The second-order valence-corrected chi connectivity index (χ2v) is 8.27. The van der Waals surface area contributed by atoms with Crippen molar-refractivity contribution in [2.45, 2.75) is 18.5 Å². The van der Waals surface area contributed by atoms with Crippen LogP contribution in [0.3, 0.4) is 0 Å². The van der Waals surface area contributed by atoms with Gasteiger partial charge in [-0.15, -0.1) is 10.2 Å². The Morgan fingerprint density at radius 3 is 2.59 bits per heavy atom. The summed E-state index contributed by atoms with van der Waals surface area (Å²) in [5.74, 6) is 1.21. The number of amides is 1. The molecular weight excluding hydrogens is 453 g/mol. The molecule has 0 spiro atoms. The van der Waals surface area contributed by atoms with E-state index in [9.17, 15) is 9.18 Å². The number of nitrogens with zero attached hydrogens (tertiary/aromatic N) is 4. The molecule has 2 aromatic carbocycles. The third kappa shape index (κ3) is 5.99. The second-order valence-electron chi connectivity index (χ2n) is 7.33. The fraction of sp³-hybridized carbons (Fsp3) is 0.200. The maximum atomic E-state index is 13.0. The van der Waals surface area contributed by atoms with Crippen LogP contribution >= 0.6 is 11.8 Å². The van der Waals surface area contributed by atoms with Gasteiger partial charge in [0.05, 0.1) is 12.4 Å². The summed E-state index contributed by atoms with van der Waals surface area (Å²) in [6.07, 6.45) is 4.06. The number of thioether (sulfide) groups is 1. The molecule has 174 valence electrons. The number of nitrogens with one attached hydrogen (secondary N) is 1. The molecule has 0 unspecified atom stereocenters. The van der Waals surface area contributed by atoms with Crippen LogP contribution in [0.15, 0.2) is 78.2 Å². The number of pyridine rings is 1. The van der Waals surface area contributed by atoms with Crippen LogP contribution in [0.5, 0.6) is 5.75 Å². The van der Waals surface area contributed by atoms with Crippen molar-refractivity contribution in [1.29, 1.82) is 0 Å². The number of carbonyl (C=O) groups excluding carboxylic acids is 1. The Kier molecular flexibility index (Phi) is 7.87. The second kappa shape index (κ2) is 11.4. The number of hydrogen-bond acceptors (Lipinski definition) is 6. The average Bonchev–Trinajstić information content (AvgIpc) is 3.29. The predicted molar refractivity (Wildman–Crippen MR) is 130 cm³/mol. The summed E-state index contributed by atoms with van der Waals surface area (Å²) in [5.41, 5.74) is 2.64. The van der Waals surface area contributed by atoms with Gasteiger partial charge >= 0.3 is 0 Å². The van der Waals surface area contributed by atoms with E-state index in [2.05, 4.69) is 20.5 Å². The summed E-state index contributed by atoms with van der Waals surface area (Å²) in [4.78, 5) is 16.6. The molecule has 0 bridgehead atoms. The topological polar surface area (TPSA) is 81.9 Å². The molecule has 0 saturated heterocycles. The van der Waals surface area contributed by atoms with Crippen molar-refractivity contribution in [3.63, 3.8) is 0 Å². The van der Waals surface area contributed by atoms with Crippen LogP contribution in [0.4, 0.5) is 4.39 Å². The van der Waals surface area contributed by atoms with Crippen molar-refractivity contribution in [1.82, 2.24) is 25.1 Å². The van der Waals surface area contributed by atoms with Gasteiger partial charge in [-0.3, -0.25) is 14.3 Å². The number of rotatable bonds is 10. The molecule has 2 heterocycles. The van der Waals surface area contributed by atoms with Crippen molar-refractivity contribution in [3.05, 3.63) is 84.4 Å². The minimum Gasteiger partial charge on any atom is -0.494 e. The Hall–Kier alpha value is -3.72. The summed E-state index contributed by atoms with van der Waals surface area (Å²) in [6, 6.07) is 17.7. The van der Waals surface area contributed by atoms with Crippen molar-refractivity contribution >= 4 is 17.7 Å². The lowest BCUT2D eigenvalue weighted by Gasteiger charge is -2.11. The summed E-state index contributed by atoms with van der Waals surface area (Å²) in [5, 5.41) is 12.2. The first-order valence-electron chi connectivity index (χ1n) is 10.9. The summed E-state index contributed by atoms with van der Waals surface area (Å²) >= 11 is 1.30. The van der Waals surface area contributed by atoms with Gasteiger partial charge in [-0.1, -0.05) is 23.9 Å². The molecule has 4 rings (SSSR count). The number of hydrogen-bond donors (Lipinski definition) is 1. The van der Waals surface area contributed by atoms with E-state index in [1.54, 1.807) is 24.5 Å². The van der Waals surface area contributed by atoms with Gasteiger partial charge in [-0.2, -0.15) is 0 Å². The molecule has 1 N–H and O–H groups in total. The molecule has 0 atom stereocenters. The monoisotopic (exact) mass is 477 g/mol. The van der Waals surface area contributed by atoms with Gasteiger partial charge in [0.25, 0.3) is 0 Å². The van der Waals surface area contributed by atoms with Crippen LogP contribution in [0.1, 0.15) is 12.5 Å². The molecule has 9 heteroatoms. The molecule has 0 aliphatic rings. The van der Waals surface area contributed by atoms with Crippen LogP contribution < -0.4 is 10.1 Å². The van der Waals surface area contributed by atoms with E-state index in [0.29, 0.717) is 30.6 Å². The standard InChI is InChI=1S/C25H24FN5O2S/c1-2-33-22-11-9-21(10-12-22)31-24(19-4-3-14-27-16-19)29-30-25(31)34-17-23(32)28-15-13-18-5-7-20(26)8-6-18/h3-12,14,16H,2,13,15,17H2,1H3,(H,28,32). The maximum Gasteiger partial charge on any atom is 0.230 e. The van der Waals surface area contributed by atoms with Gasteiger partial charge in [0.15, 0.2) is 11.0 Å². The van der Waals surface area contributed by atoms with Crippen molar-refractivity contribution < 1.29 is 13.9 Å². The predicted octanol–water partition coefficient (Wildman–Crippen LogP) is 4.32. The molecule has 0 saturated carbocycles. The molecule has 1 amide bonds. The van der Waals surface area contributed by atoms with Crippen LogP contribution in [0, 0.1) is 5.82 Å². The number of ether oxygens (including phenoxy) is 1. The lowest BCUT2D eigenvalue weighted by Crippen LogP contribution is -2.27. The van der Waals surface area contributed by atoms with E-state index in [1.807, 2.05) is 47.9 Å².